The number of amides is 3. The summed E-state index contributed by atoms with van der Waals surface area (Å²) in [5.41, 5.74) is -0.443. The Bertz CT molecular complexity index is 1250. The molecule has 0 spiro atoms. The monoisotopic (exact) mass is 597 g/mol. The van der Waals surface area contributed by atoms with Gasteiger partial charge in [-0.1, -0.05) is 49.4 Å². The van der Waals surface area contributed by atoms with Crippen LogP contribution in [0.5, 0.6) is 5.75 Å². The highest BCUT2D eigenvalue weighted by atomic mass is 16.6. The van der Waals surface area contributed by atoms with Crippen LogP contribution in [-0.4, -0.2) is 63.2 Å². The van der Waals surface area contributed by atoms with E-state index in [1.54, 1.807) is 60.6 Å². The number of phenols is 1. The lowest BCUT2D eigenvalue weighted by Gasteiger charge is -2.38. The van der Waals surface area contributed by atoms with E-state index < -0.39 is 59.2 Å². The number of ether oxygens (including phenoxy) is 2. The highest BCUT2D eigenvalue weighted by Gasteiger charge is 2.39. The normalized spacial score (nSPS) is 14.4. The molecule has 0 aliphatic carbocycles. The van der Waals surface area contributed by atoms with Crippen molar-refractivity contribution in [2.75, 3.05) is 0 Å². The third kappa shape index (κ3) is 11.3. The number of aromatic hydroxyl groups is 1. The van der Waals surface area contributed by atoms with Gasteiger partial charge in [-0.15, -0.1) is 0 Å². The molecule has 4 unspecified atom stereocenters. The van der Waals surface area contributed by atoms with Gasteiger partial charge in [-0.3, -0.25) is 9.59 Å². The van der Waals surface area contributed by atoms with Crippen molar-refractivity contribution in [3.63, 3.8) is 0 Å². The van der Waals surface area contributed by atoms with E-state index in [2.05, 4.69) is 10.6 Å². The summed E-state index contributed by atoms with van der Waals surface area (Å²) in [5, 5.41) is 15.7. The molecular weight excluding hydrogens is 550 g/mol. The molecule has 0 radical (unpaired) electrons. The Morgan fingerprint density at radius 3 is 2.00 bits per heavy atom. The smallest absolute Gasteiger partial charge is 0.408 e. The fourth-order valence-corrected chi connectivity index (χ4v) is 4.37. The molecule has 0 saturated heterocycles. The van der Waals surface area contributed by atoms with E-state index in [1.807, 2.05) is 37.3 Å². The molecule has 0 saturated carbocycles. The van der Waals surface area contributed by atoms with E-state index in [9.17, 15) is 24.3 Å². The number of nitrogens with zero attached hydrogens (tertiary/aromatic N) is 1. The first-order valence-electron chi connectivity index (χ1n) is 14.6. The van der Waals surface area contributed by atoms with Gasteiger partial charge < -0.3 is 30.1 Å². The lowest BCUT2D eigenvalue weighted by Crippen LogP contribution is -2.56. The number of hydrogen-bond acceptors (Lipinski definition) is 7. The quantitative estimate of drug-likeness (QED) is 0.309. The lowest BCUT2D eigenvalue weighted by atomic mass is 9.98. The van der Waals surface area contributed by atoms with Crippen molar-refractivity contribution in [3.05, 3.63) is 65.7 Å². The fraction of sp³-hybridized carbons (Fsp3) is 0.515. The van der Waals surface area contributed by atoms with Gasteiger partial charge in [0.15, 0.2) is 0 Å². The van der Waals surface area contributed by atoms with Crippen molar-refractivity contribution in [2.45, 2.75) is 111 Å². The molecule has 0 bridgehead atoms. The average molecular weight is 598 g/mol. The van der Waals surface area contributed by atoms with Crippen LogP contribution in [0.4, 0.5) is 4.79 Å². The van der Waals surface area contributed by atoms with E-state index in [0.29, 0.717) is 12.0 Å². The first kappa shape index (κ1) is 35.1. The molecular formula is C33H47N3O7. The Morgan fingerprint density at radius 1 is 0.860 bits per heavy atom. The molecule has 4 atom stereocenters. The fourth-order valence-electron chi connectivity index (χ4n) is 4.37. The second-order valence-corrected chi connectivity index (χ2v) is 12.7. The Morgan fingerprint density at radius 2 is 1.47 bits per heavy atom. The van der Waals surface area contributed by atoms with Crippen molar-refractivity contribution < 1.29 is 33.8 Å². The number of benzene rings is 2. The summed E-state index contributed by atoms with van der Waals surface area (Å²) in [6.07, 6.45) is -0.140. The molecule has 10 heteroatoms. The molecule has 2 aromatic carbocycles. The van der Waals surface area contributed by atoms with E-state index >= 15 is 0 Å². The van der Waals surface area contributed by atoms with E-state index in [0.717, 1.165) is 5.56 Å². The summed E-state index contributed by atoms with van der Waals surface area (Å²) in [7, 11) is 0. The van der Waals surface area contributed by atoms with Crippen molar-refractivity contribution in [1.82, 2.24) is 15.5 Å². The predicted octanol–water partition coefficient (Wildman–Crippen LogP) is 5.04. The summed E-state index contributed by atoms with van der Waals surface area (Å²) in [6, 6.07) is 11.4. The Labute approximate surface area is 255 Å². The zero-order chi connectivity index (χ0) is 32.5. The van der Waals surface area contributed by atoms with Crippen LogP contribution in [0, 0.1) is 0 Å². The Balaban J connectivity index is 2.54. The maximum absolute atomic E-state index is 14.2. The number of alkyl carbamates (subject to hydrolysis) is 1. The van der Waals surface area contributed by atoms with Gasteiger partial charge in [0.1, 0.15) is 35.1 Å². The van der Waals surface area contributed by atoms with Crippen LogP contribution in [0.15, 0.2) is 54.6 Å². The molecule has 236 valence electrons. The van der Waals surface area contributed by atoms with Crippen LogP contribution in [0.25, 0.3) is 0 Å². The lowest BCUT2D eigenvalue weighted by molar-refractivity contribution is -0.159. The molecule has 2 rings (SSSR count). The SMILES string of the molecule is CCC(C)N(C(=O)C(C)NC(=O)OC(C)(C)C)C(C(=O)NC(Cc1ccccc1)C(=O)OC(C)(C)C)c1cccc(O)c1. The second kappa shape index (κ2) is 14.9. The number of carbonyl (C=O) groups is 4. The summed E-state index contributed by atoms with van der Waals surface area (Å²) >= 11 is 0. The molecule has 3 N–H and O–H groups in total. The van der Waals surface area contributed by atoms with Crippen LogP contribution in [0.1, 0.15) is 85.9 Å². The van der Waals surface area contributed by atoms with Crippen LogP contribution in [-0.2, 0) is 30.3 Å². The van der Waals surface area contributed by atoms with Gasteiger partial charge >= 0.3 is 12.1 Å². The maximum Gasteiger partial charge on any atom is 0.408 e. The van der Waals surface area contributed by atoms with Crippen molar-refractivity contribution in [1.29, 1.82) is 0 Å². The summed E-state index contributed by atoms with van der Waals surface area (Å²) in [4.78, 5) is 55.4. The van der Waals surface area contributed by atoms with Gasteiger partial charge in [-0.05, 0) is 85.1 Å². The van der Waals surface area contributed by atoms with Crippen LogP contribution in [0.2, 0.25) is 0 Å². The molecule has 0 heterocycles. The summed E-state index contributed by atoms with van der Waals surface area (Å²) in [5.74, 6) is -1.91. The molecule has 43 heavy (non-hydrogen) atoms. The first-order chi connectivity index (χ1) is 19.9. The van der Waals surface area contributed by atoms with Crippen molar-refractivity contribution in [2.24, 2.45) is 0 Å². The number of esters is 1. The van der Waals surface area contributed by atoms with Gasteiger partial charge in [0.05, 0.1) is 0 Å². The Kier molecular flexibility index (Phi) is 12.2. The largest absolute Gasteiger partial charge is 0.508 e. The third-order valence-corrected chi connectivity index (χ3v) is 6.43. The van der Waals surface area contributed by atoms with E-state index in [1.165, 1.54) is 24.0 Å². The van der Waals surface area contributed by atoms with E-state index in [4.69, 9.17) is 9.47 Å². The second-order valence-electron chi connectivity index (χ2n) is 12.7. The molecule has 3 amide bonds. The molecule has 0 fully saturated rings. The molecule has 0 aromatic heterocycles. The van der Waals surface area contributed by atoms with Gasteiger partial charge in [0, 0.05) is 12.5 Å². The van der Waals surface area contributed by atoms with Crippen LogP contribution in [0.3, 0.4) is 0 Å². The molecule has 2 aromatic rings. The topological polar surface area (TPSA) is 134 Å². The number of phenolic OH excluding ortho intramolecular Hbond substituents is 1. The molecule has 10 nitrogen and oxygen atoms in total. The van der Waals surface area contributed by atoms with Gasteiger partial charge in [-0.2, -0.15) is 0 Å². The highest BCUT2D eigenvalue weighted by Crippen LogP contribution is 2.29. The van der Waals surface area contributed by atoms with Crippen LogP contribution < -0.4 is 10.6 Å². The minimum atomic E-state index is -1.25. The van der Waals surface area contributed by atoms with Crippen molar-refractivity contribution >= 4 is 23.9 Å². The minimum Gasteiger partial charge on any atom is -0.508 e. The van der Waals surface area contributed by atoms with Gasteiger partial charge in [-0.25, -0.2) is 9.59 Å². The first-order valence-corrected chi connectivity index (χ1v) is 14.6. The maximum atomic E-state index is 14.2. The number of hydrogen-bond donors (Lipinski definition) is 3. The summed E-state index contributed by atoms with van der Waals surface area (Å²) < 4.78 is 11.0. The summed E-state index contributed by atoms with van der Waals surface area (Å²) in [6.45, 7) is 15.5. The zero-order valence-electron chi connectivity index (χ0n) is 26.8. The third-order valence-electron chi connectivity index (χ3n) is 6.43. The standard InChI is InChI=1S/C33H47N3O7/c1-10-21(2)36(29(39)22(3)34-31(41)43-33(7,8)9)27(24-17-14-18-25(37)20-24)28(38)35-26(30(40)42-32(4,5)6)19-23-15-12-11-13-16-23/h11-18,20-22,26-27,37H,10,19H2,1-9H3,(H,34,41)(H,35,38). The van der Waals surface area contributed by atoms with Gasteiger partial charge in [0.25, 0.3) is 0 Å². The number of nitrogens with one attached hydrogen (secondary N) is 2. The zero-order valence-corrected chi connectivity index (χ0v) is 26.8. The average Bonchev–Trinajstić information content (AvgIpc) is 2.88. The minimum absolute atomic E-state index is 0.0974. The molecule has 0 aliphatic heterocycles. The van der Waals surface area contributed by atoms with Crippen molar-refractivity contribution in [3.8, 4) is 5.75 Å². The van der Waals surface area contributed by atoms with E-state index in [-0.39, 0.29) is 12.2 Å². The molecule has 0 aliphatic rings. The Hall–Kier alpha value is -4.08. The highest BCUT2D eigenvalue weighted by molar-refractivity contribution is 5.94. The predicted molar refractivity (Wildman–Crippen MR) is 164 cm³/mol. The van der Waals surface area contributed by atoms with Crippen LogP contribution >= 0.6 is 0 Å². The number of carbonyl (C=O) groups excluding carboxylic acids is 4. The van der Waals surface area contributed by atoms with Gasteiger partial charge in [0.2, 0.25) is 11.8 Å². The number of rotatable bonds is 11.